The predicted octanol–water partition coefficient (Wildman–Crippen LogP) is 4.31. The molecule has 2 saturated heterocycles. The number of halogens is 3. The molecule has 12 heteroatoms. The van der Waals surface area contributed by atoms with Crippen LogP contribution in [0.3, 0.4) is 0 Å². The summed E-state index contributed by atoms with van der Waals surface area (Å²) < 4.78 is 37.9. The number of anilines is 2. The second kappa shape index (κ2) is 12.0. The van der Waals surface area contributed by atoms with Crippen molar-refractivity contribution in [1.29, 1.82) is 0 Å². The Morgan fingerprint density at radius 3 is 2.54 bits per heavy atom. The first-order chi connectivity index (χ1) is 18.6. The number of alkyl halides is 3. The molecule has 2 fully saturated rings. The summed E-state index contributed by atoms with van der Waals surface area (Å²) in [6, 6.07) is 6.44. The van der Waals surface area contributed by atoms with Gasteiger partial charge in [-0.1, -0.05) is 12.6 Å². The molecule has 2 N–H and O–H groups in total. The molecule has 4 heterocycles. The highest BCUT2D eigenvalue weighted by molar-refractivity contribution is 5.87. The highest BCUT2D eigenvalue weighted by atomic mass is 19.4. The topological polar surface area (TPSA) is 99.4 Å². The summed E-state index contributed by atoms with van der Waals surface area (Å²) in [5, 5.41) is 12.5. The lowest BCUT2D eigenvalue weighted by Crippen LogP contribution is -2.39. The quantitative estimate of drug-likeness (QED) is 0.472. The van der Waals surface area contributed by atoms with E-state index < -0.39 is 11.7 Å². The minimum absolute atomic E-state index is 0.00353. The summed E-state index contributed by atoms with van der Waals surface area (Å²) in [4.78, 5) is 28.1. The van der Waals surface area contributed by atoms with Crippen molar-refractivity contribution >= 4 is 28.8 Å². The first kappa shape index (κ1) is 28.3. The van der Waals surface area contributed by atoms with Gasteiger partial charge in [-0.2, -0.15) is 13.2 Å². The van der Waals surface area contributed by atoms with Crippen LogP contribution in [0.2, 0.25) is 0 Å². The van der Waals surface area contributed by atoms with E-state index >= 15 is 0 Å². The summed E-state index contributed by atoms with van der Waals surface area (Å²) in [5.74, 6) is 1.08. The smallest absolute Gasteiger partial charge is 0.391 e. The van der Waals surface area contributed by atoms with Crippen LogP contribution >= 0.6 is 0 Å². The minimum Gasteiger partial charge on any atom is -0.391 e. The van der Waals surface area contributed by atoms with Gasteiger partial charge >= 0.3 is 6.18 Å². The maximum Gasteiger partial charge on any atom is 0.419 e. The number of aliphatic hydroxyl groups is 1. The highest BCUT2D eigenvalue weighted by Gasteiger charge is 2.31. The van der Waals surface area contributed by atoms with E-state index in [1.165, 1.54) is 13.1 Å². The van der Waals surface area contributed by atoms with Crippen LogP contribution in [-0.4, -0.2) is 68.2 Å². The van der Waals surface area contributed by atoms with E-state index in [0.717, 1.165) is 80.1 Å². The second-order valence-electron chi connectivity index (χ2n) is 9.75. The zero-order valence-corrected chi connectivity index (χ0v) is 22.2. The molecule has 5 rings (SSSR count). The van der Waals surface area contributed by atoms with Crippen molar-refractivity contribution in [1.82, 2.24) is 24.4 Å². The number of β-amino-alcohol motifs (C(OH)–C–C–N with tert-alkyl or cyclic N) is 1. The molecule has 1 amide bonds. The molecule has 2 atom stereocenters. The van der Waals surface area contributed by atoms with Crippen LogP contribution in [0.1, 0.15) is 49.3 Å². The van der Waals surface area contributed by atoms with Crippen LogP contribution in [0, 0.1) is 0 Å². The van der Waals surface area contributed by atoms with Gasteiger partial charge in [0.1, 0.15) is 0 Å². The Morgan fingerprint density at radius 2 is 1.90 bits per heavy atom. The van der Waals surface area contributed by atoms with E-state index in [2.05, 4.69) is 49.5 Å². The van der Waals surface area contributed by atoms with Gasteiger partial charge in [-0.15, -0.1) is 0 Å². The number of aryl methyl sites for hydroxylation is 1. The normalized spacial score (nSPS) is 19.8. The predicted molar refractivity (Wildman–Crippen MR) is 143 cm³/mol. The van der Waals surface area contributed by atoms with Crippen LogP contribution in [0.25, 0.3) is 11.0 Å². The van der Waals surface area contributed by atoms with Gasteiger partial charge in [-0.3, -0.25) is 4.79 Å². The fourth-order valence-electron chi connectivity index (χ4n) is 5.09. The monoisotopic (exact) mass is 545 g/mol. The number of carbonyl (C=O) groups excluding carboxylic acids is 1. The summed E-state index contributed by atoms with van der Waals surface area (Å²) in [6.45, 7) is 5.99. The third-order valence-corrected chi connectivity index (χ3v) is 7.11. The number of aromatic nitrogens is 4. The van der Waals surface area contributed by atoms with Crippen molar-refractivity contribution < 1.29 is 23.1 Å². The number of carbonyl (C=O) groups is 1. The van der Waals surface area contributed by atoms with Crippen LogP contribution in [0.15, 0.2) is 43.2 Å². The number of nitrogens with one attached hydrogen (secondary N) is 1. The molecule has 2 aromatic heterocycles. The number of imidazole rings is 1. The number of benzene rings is 1. The average molecular weight is 546 g/mol. The Morgan fingerprint density at radius 1 is 1.15 bits per heavy atom. The second-order valence-corrected chi connectivity index (χ2v) is 9.75. The highest BCUT2D eigenvalue weighted by Crippen LogP contribution is 2.34. The van der Waals surface area contributed by atoms with Crippen LogP contribution < -0.4 is 10.2 Å². The van der Waals surface area contributed by atoms with E-state index in [1.807, 2.05) is 11.9 Å². The molecule has 210 valence electrons. The zero-order chi connectivity index (χ0) is 28.2. The summed E-state index contributed by atoms with van der Waals surface area (Å²) in [7, 11) is 3.56. The Kier molecular flexibility index (Phi) is 8.73. The number of piperidine rings is 2. The number of fused-ring (bicyclic) bond motifs is 1. The molecule has 0 aliphatic carbocycles. The van der Waals surface area contributed by atoms with Gasteiger partial charge < -0.3 is 24.8 Å². The van der Waals surface area contributed by atoms with Crippen LogP contribution in [0.5, 0.6) is 0 Å². The van der Waals surface area contributed by atoms with Gasteiger partial charge in [0.2, 0.25) is 17.8 Å². The van der Waals surface area contributed by atoms with E-state index in [4.69, 9.17) is 4.98 Å². The number of rotatable bonds is 4. The largest absolute Gasteiger partial charge is 0.419 e. The third-order valence-electron chi connectivity index (χ3n) is 7.11. The molecule has 2 aliphatic heterocycles. The molecule has 39 heavy (non-hydrogen) atoms. The number of hydrogen-bond donors (Lipinski definition) is 2. The fourth-order valence-corrected chi connectivity index (χ4v) is 5.09. The van der Waals surface area contributed by atoms with E-state index in [9.17, 15) is 23.1 Å². The number of likely N-dealkylation sites (tertiary alicyclic amines) is 1. The molecular formula is C27H34F3N7O2. The lowest BCUT2D eigenvalue weighted by Gasteiger charge is -2.35. The summed E-state index contributed by atoms with van der Waals surface area (Å²) in [6.07, 6.45) is 3.22. The van der Waals surface area contributed by atoms with Gasteiger partial charge in [0, 0.05) is 46.1 Å². The number of nitrogens with zero attached hydrogens (tertiary/aromatic N) is 6. The maximum atomic E-state index is 12.3. The average Bonchev–Trinajstić information content (AvgIpc) is 3.28. The Bertz CT molecular complexity index is 1290. The van der Waals surface area contributed by atoms with Crippen LogP contribution in [-0.2, 0) is 18.0 Å². The molecule has 3 aromatic rings. The van der Waals surface area contributed by atoms with Crippen molar-refractivity contribution in [2.24, 2.45) is 7.05 Å². The zero-order valence-electron chi connectivity index (χ0n) is 22.2. The van der Waals surface area contributed by atoms with E-state index in [-0.39, 0.29) is 24.0 Å². The first-order valence-corrected chi connectivity index (χ1v) is 13.0. The Labute approximate surface area is 225 Å². The fraction of sp³-hybridized carbons (Fsp3) is 0.481. The summed E-state index contributed by atoms with van der Waals surface area (Å²) in [5.41, 5.74) is 2.31. The van der Waals surface area contributed by atoms with Crippen molar-refractivity contribution in [2.45, 2.75) is 50.4 Å². The Balaban J connectivity index is 0.000000247. The van der Waals surface area contributed by atoms with Gasteiger partial charge in [0.25, 0.3) is 0 Å². The van der Waals surface area contributed by atoms with Gasteiger partial charge in [0.15, 0.2) is 0 Å². The van der Waals surface area contributed by atoms with Crippen LogP contribution in [0.4, 0.5) is 25.1 Å². The van der Waals surface area contributed by atoms with Gasteiger partial charge in [-0.25, -0.2) is 15.0 Å². The molecule has 0 spiro atoms. The van der Waals surface area contributed by atoms with Gasteiger partial charge in [-0.05, 0) is 55.9 Å². The number of amides is 1. The standard InChI is InChI=1S/C21H28N4O2.C6H6F3N3/c1-3-20(27)25-12-5-4-8-18(25)15-9-10-19-17(13-15)22-21(23(19)2)24-11-6-7-16(26)14-24;1-10-5-11-2-4(3-12-5)6(7,8)9/h3,9-10,13,16,18,26H,1,4-8,11-12,14H2,2H3;2-3H,1H3,(H,10,11,12). The number of aliphatic hydroxyl groups excluding tert-OH is 1. The summed E-state index contributed by atoms with van der Waals surface area (Å²) >= 11 is 0. The third kappa shape index (κ3) is 6.49. The Hall–Kier alpha value is -3.67. The maximum absolute atomic E-state index is 12.3. The SMILES string of the molecule is C=CC(=O)N1CCCCC1c1ccc2c(c1)nc(N1CCCC(O)C1)n2C.CNc1ncc(C(F)(F)F)cn1. The van der Waals surface area contributed by atoms with Gasteiger partial charge in [0.05, 0.1) is 28.7 Å². The molecule has 0 bridgehead atoms. The minimum atomic E-state index is -4.37. The molecule has 0 radical (unpaired) electrons. The van der Waals surface area contributed by atoms with Crippen molar-refractivity contribution in [3.05, 3.63) is 54.4 Å². The van der Waals surface area contributed by atoms with Crippen molar-refractivity contribution in [3.8, 4) is 0 Å². The molecule has 0 saturated carbocycles. The molecular weight excluding hydrogens is 511 g/mol. The molecule has 2 unspecified atom stereocenters. The molecule has 2 aliphatic rings. The van der Waals surface area contributed by atoms with Crippen molar-refractivity contribution in [3.63, 3.8) is 0 Å². The van der Waals surface area contributed by atoms with E-state index in [1.54, 1.807) is 0 Å². The van der Waals surface area contributed by atoms with E-state index in [0.29, 0.717) is 6.54 Å². The molecule has 1 aromatic carbocycles. The lowest BCUT2D eigenvalue weighted by atomic mass is 9.95. The first-order valence-electron chi connectivity index (χ1n) is 13.0. The molecule has 9 nitrogen and oxygen atoms in total. The van der Waals surface area contributed by atoms with Crippen molar-refractivity contribution in [2.75, 3.05) is 36.9 Å². The lowest BCUT2D eigenvalue weighted by molar-refractivity contribution is -0.138. The number of hydrogen-bond acceptors (Lipinski definition) is 7.